The van der Waals surface area contributed by atoms with Crippen LogP contribution in [0.25, 0.3) is 10.6 Å². The number of thiazole rings is 1. The van der Waals surface area contributed by atoms with Crippen LogP contribution in [0.1, 0.15) is 5.69 Å². The fraction of sp³-hybridized carbons (Fsp3) is 0.100. The summed E-state index contributed by atoms with van der Waals surface area (Å²) >= 11 is 10.7. The molecule has 1 aromatic carbocycles. The van der Waals surface area contributed by atoms with E-state index in [0.29, 0.717) is 10.0 Å². The average molecular weight is 305 g/mol. The number of hydrogen-bond donors (Lipinski definition) is 1. The Kier molecular flexibility index (Phi) is 3.41. The quantitative estimate of drug-likeness (QED) is 0.917. The minimum absolute atomic E-state index is 0.122. The molecule has 1 aromatic heterocycles. The van der Waals surface area contributed by atoms with Crippen molar-refractivity contribution in [1.82, 2.24) is 4.98 Å². The Morgan fingerprint density at radius 2 is 2.27 bits per heavy atom. The molecule has 2 rings (SSSR count). The van der Waals surface area contributed by atoms with Gasteiger partial charge < -0.3 is 5.11 Å². The van der Waals surface area contributed by atoms with Crippen molar-refractivity contribution in [2.75, 3.05) is 0 Å². The number of rotatable bonds is 2. The minimum Gasteiger partial charge on any atom is -0.390 e. The Morgan fingerprint density at radius 3 is 2.87 bits per heavy atom. The summed E-state index contributed by atoms with van der Waals surface area (Å²) in [4.78, 5) is 4.26. The van der Waals surface area contributed by atoms with Crippen molar-refractivity contribution in [1.29, 1.82) is 0 Å². The third kappa shape index (κ3) is 2.39. The lowest BCUT2D eigenvalue weighted by atomic mass is 10.2. The van der Waals surface area contributed by atoms with Crippen LogP contribution in [0.2, 0.25) is 4.34 Å². The molecular formula is C10H7BrClNOS. The maximum atomic E-state index is 8.98. The SMILES string of the molecule is OCc1nc(-c2cccc(Br)c2)sc1Cl. The number of benzene rings is 1. The molecule has 0 fully saturated rings. The highest BCUT2D eigenvalue weighted by Gasteiger charge is 2.09. The van der Waals surface area contributed by atoms with E-state index in [9.17, 15) is 0 Å². The standard InChI is InChI=1S/C10H7BrClNOS/c11-7-3-1-2-6(4-7)10-13-8(5-14)9(12)15-10/h1-4,14H,5H2. The lowest BCUT2D eigenvalue weighted by Crippen LogP contribution is -1.83. The lowest BCUT2D eigenvalue weighted by Gasteiger charge is -1.95. The van der Waals surface area contributed by atoms with Crippen molar-refractivity contribution in [2.45, 2.75) is 6.61 Å². The van der Waals surface area contributed by atoms with Crippen LogP contribution < -0.4 is 0 Å². The largest absolute Gasteiger partial charge is 0.390 e. The van der Waals surface area contributed by atoms with Gasteiger partial charge in [0.15, 0.2) is 0 Å². The summed E-state index contributed by atoms with van der Waals surface area (Å²) in [5, 5.41) is 9.81. The molecule has 0 bridgehead atoms. The Labute approximate surface area is 105 Å². The summed E-state index contributed by atoms with van der Waals surface area (Å²) in [5.74, 6) is 0. The highest BCUT2D eigenvalue weighted by Crippen LogP contribution is 2.32. The van der Waals surface area contributed by atoms with Gasteiger partial charge in [0, 0.05) is 10.0 Å². The van der Waals surface area contributed by atoms with Crippen LogP contribution in [-0.4, -0.2) is 10.1 Å². The minimum atomic E-state index is -0.122. The second-order valence-corrected chi connectivity index (χ2v) is 5.42. The Bertz CT molecular complexity index is 486. The van der Waals surface area contributed by atoms with E-state index in [-0.39, 0.29) is 6.61 Å². The van der Waals surface area contributed by atoms with Gasteiger partial charge in [-0.05, 0) is 12.1 Å². The zero-order chi connectivity index (χ0) is 10.8. The van der Waals surface area contributed by atoms with Gasteiger partial charge in [-0.3, -0.25) is 0 Å². The first-order valence-corrected chi connectivity index (χ1v) is 6.21. The molecule has 5 heteroatoms. The number of aromatic nitrogens is 1. The Morgan fingerprint density at radius 1 is 1.47 bits per heavy atom. The molecule has 0 unspecified atom stereocenters. The van der Waals surface area contributed by atoms with Crippen LogP contribution >= 0.6 is 38.9 Å². The van der Waals surface area contributed by atoms with E-state index in [0.717, 1.165) is 15.0 Å². The normalized spacial score (nSPS) is 10.6. The van der Waals surface area contributed by atoms with Gasteiger partial charge in [-0.2, -0.15) is 0 Å². The van der Waals surface area contributed by atoms with Gasteiger partial charge >= 0.3 is 0 Å². The molecular weight excluding hydrogens is 298 g/mol. The molecule has 0 aliphatic heterocycles. The van der Waals surface area contributed by atoms with E-state index in [1.54, 1.807) is 0 Å². The number of aliphatic hydroxyl groups excluding tert-OH is 1. The Hall–Kier alpha value is -0.420. The lowest BCUT2D eigenvalue weighted by molar-refractivity contribution is 0.278. The smallest absolute Gasteiger partial charge is 0.125 e. The number of hydrogen-bond acceptors (Lipinski definition) is 3. The predicted octanol–water partition coefficient (Wildman–Crippen LogP) is 3.72. The first kappa shape index (κ1) is 11.1. The van der Waals surface area contributed by atoms with E-state index in [1.165, 1.54) is 11.3 Å². The summed E-state index contributed by atoms with van der Waals surface area (Å²) in [6.07, 6.45) is 0. The topological polar surface area (TPSA) is 33.1 Å². The summed E-state index contributed by atoms with van der Waals surface area (Å²) < 4.78 is 1.55. The van der Waals surface area contributed by atoms with Crippen LogP contribution in [-0.2, 0) is 6.61 Å². The van der Waals surface area contributed by atoms with E-state index in [1.807, 2.05) is 24.3 Å². The monoisotopic (exact) mass is 303 g/mol. The van der Waals surface area contributed by atoms with Crippen molar-refractivity contribution in [3.8, 4) is 10.6 Å². The van der Waals surface area contributed by atoms with Crippen molar-refractivity contribution >= 4 is 38.9 Å². The molecule has 1 heterocycles. The maximum Gasteiger partial charge on any atom is 0.125 e. The van der Waals surface area contributed by atoms with Gasteiger partial charge in [0.1, 0.15) is 9.34 Å². The molecule has 0 atom stereocenters. The summed E-state index contributed by atoms with van der Waals surface area (Å²) in [6, 6.07) is 7.82. The van der Waals surface area contributed by atoms with Gasteiger partial charge in [0.05, 0.1) is 12.3 Å². The number of aliphatic hydroxyl groups is 1. The number of halogens is 2. The van der Waals surface area contributed by atoms with Gasteiger partial charge in [0.25, 0.3) is 0 Å². The van der Waals surface area contributed by atoms with Crippen LogP contribution in [0.4, 0.5) is 0 Å². The fourth-order valence-electron chi connectivity index (χ4n) is 1.18. The molecule has 0 amide bonds. The van der Waals surface area contributed by atoms with Crippen LogP contribution in [0, 0.1) is 0 Å². The Balaban J connectivity index is 2.45. The highest BCUT2D eigenvalue weighted by molar-refractivity contribution is 9.10. The molecule has 0 aliphatic carbocycles. The van der Waals surface area contributed by atoms with Gasteiger partial charge in [-0.15, -0.1) is 11.3 Å². The van der Waals surface area contributed by atoms with Crippen molar-refractivity contribution in [3.63, 3.8) is 0 Å². The molecule has 1 N–H and O–H groups in total. The molecule has 78 valence electrons. The first-order valence-electron chi connectivity index (χ1n) is 4.22. The fourth-order valence-corrected chi connectivity index (χ4v) is 2.69. The zero-order valence-electron chi connectivity index (χ0n) is 7.58. The van der Waals surface area contributed by atoms with Gasteiger partial charge in [0.2, 0.25) is 0 Å². The molecule has 2 aromatic rings. The first-order chi connectivity index (χ1) is 7.20. The van der Waals surface area contributed by atoms with Crippen molar-refractivity contribution < 1.29 is 5.11 Å². The summed E-state index contributed by atoms with van der Waals surface area (Å²) in [6.45, 7) is -0.122. The zero-order valence-corrected chi connectivity index (χ0v) is 10.7. The van der Waals surface area contributed by atoms with Gasteiger partial charge in [-0.1, -0.05) is 39.7 Å². The average Bonchev–Trinajstić information content (AvgIpc) is 2.60. The molecule has 0 radical (unpaired) electrons. The van der Waals surface area contributed by atoms with E-state index < -0.39 is 0 Å². The summed E-state index contributed by atoms with van der Waals surface area (Å²) in [5.41, 5.74) is 1.53. The van der Waals surface area contributed by atoms with E-state index >= 15 is 0 Å². The van der Waals surface area contributed by atoms with E-state index in [2.05, 4.69) is 20.9 Å². The molecule has 0 saturated heterocycles. The van der Waals surface area contributed by atoms with Crippen molar-refractivity contribution in [3.05, 3.63) is 38.8 Å². The predicted molar refractivity (Wildman–Crippen MR) is 66.2 cm³/mol. The molecule has 0 saturated carbocycles. The highest BCUT2D eigenvalue weighted by atomic mass is 79.9. The molecule has 0 spiro atoms. The van der Waals surface area contributed by atoms with Gasteiger partial charge in [-0.25, -0.2) is 4.98 Å². The van der Waals surface area contributed by atoms with Crippen LogP contribution in [0.3, 0.4) is 0 Å². The summed E-state index contributed by atoms with van der Waals surface area (Å²) in [7, 11) is 0. The third-order valence-corrected chi connectivity index (χ3v) is 3.75. The molecule has 0 aliphatic rings. The second-order valence-electron chi connectivity index (χ2n) is 2.91. The maximum absolute atomic E-state index is 8.98. The number of nitrogens with zero attached hydrogens (tertiary/aromatic N) is 1. The molecule has 2 nitrogen and oxygen atoms in total. The third-order valence-electron chi connectivity index (χ3n) is 1.87. The second kappa shape index (κ2) is 4.61. The van der Waals surface area contributed by atoms with E-state index in [4.69, 9.17) is 16.7 Å². The van der Waals surface area contributed by atoms with Crippen LogP contribution in [0.5, 0.6) is 0 Å². The van der Waals surface area contributed by atoms with Crippen molar-refractivity contribution in [2.24, 2.45) is 0 Å². The van der Waals surface area contributed by atoms with Crippen LogP contribution in [0.15, 0.2) is 28.7 Å². The molecule has 15 heavy (non-hydrogen) atoms.